The molecule has 0 amide bonds. The van der Waals surface area contributed by atoms with Crippen molar-refractivity contribution in [2.45, 2.75) is 83.5 Å². The van der Waals surface area contributed by atoms with Gasteiger partial charge in [0.2, 0.25) is 8.32 Å². The van der Waals surface area contributed by atoms with Crippen LogP contribution in [0.5, 0.6) is 11.5 Å². The van der Waals surface area contributed by atoms with Gasteiger partial charge < -0.3 is 13.9 Å². The first kappa shape index (κ1) is 26.6. The van der Waals surface area contributed by atoms with Gasteiger partial charge in [-0.3, -0.25) is 0 Å². The molecule has 34 heavy (non-hydrogen) atoms. The molecule has 2 aromatic carbocycles. The SMILES string of the molecule is C=C(C)[C@H]1Cc2c(OC)cc(OC)cc2[C@H](O[Si](C(C)C)(C(C)C)C(C)C)[C@H]1c1ccccc1. The normalized spacial score (nSPS) is 20.5. The molecule has 2 aromatic rings. The Balaban J connectivity index is 2.33. The molecule has 0 unspecified atom stereocenters. The topological polar surface area (TPSA) is 27.7 Å². The largest absolute Gasteiger partial charge is 0.497 e. The minimum absolute atomic E-state index is 0.0873. The molecule has 1 aliphatic rings. The molecule has 4 heteroatoms. The summed E-state index contributed by atoms with van der Waals surface area (Å²) in [5, 5.41) is 0. The van der Waals surface area contributed by atoms with Gasteiger partial charge in [0, 0.05) is 17.5 Å². The molecular weight excluding hydrogens is 436 g/mol. The van der Waals surface area contributed by atoms with Crippen molar-refractivity contribution in [1.29, 1.82) is 0 Å². The molecule has 0 saturated heterocycles. The minimum atomic E-state index is -2.19. The van der Waals surface area contributed by atoms with Gasteiger partial charge >= 0.3 is 0 Å². The maximum Gasteiger partial charge on any atom is 0.201 e. The highest BCUT2D eigenvalue weighted by Crippen LogP contribution is 2.55. The lowest BCUT2D eigenvalue weighted by Gasteiger charge is -2.49. The third kappa shape index (κ3) is 4.72. The molecule has 0 spiro atoms. The Morgan fingerprint density at radius 1 is 0.912 bits per heavy atom. The molecule has 1 aliphatic carbocycles. The van der Waals surface area contributed by atoms with Crippen molar-refractivity contribution in [2.24, 2.45) is 5.92 Å². The van der Waals surface area contributed by atoms with Crippen molar-refractivity contribution < 1.29 is 13.9 Å². The van der Waals surface area contributed by atoms with E-state index in [0.717, 1.165) is 17.9 Å². The summed E-state index contributed by atoms with van der Waals surface area (Å²) in [5.74, 6) is 2.15. The summed E-state index contributed by atoms with van der Waals surface area (Å²) in [7, 11) is 1.28. The first-order chi connectivity index (χ1) is 16.1. The van der Waals surface area contributed by atoms with Crippen LogP contribution in [0, 0.1) is 5.92 Å². The second kappa shape index (κ2) is 10.7. The van der Waals surface area contributed by atoms with Gasteiger partial charge in [-0.2, -0.15) is 0 Å². The summed E-state index contributed by atoms with van der Waals surface area (Å²) >= 11 is 0. The van der Waals surface area contributed by atoms with Gasteiger partial charge in [0.05, 0.1) is 20.3 Å². The van der Waals surface area contributed by atoms with Crippen molar-refractivity contribution in [3.05, 3.63) is 71.3 Å². The van der Waals surface area contributed by atoms with Crippen molar-refractivity contribution in [3.63, 3.8) is 0 Å². The Morgan fingerprint density at radius 3 is 1.97 bits per heavy atom. The summed E-state index contributed by atoms with van der Waals surface area (Å²) < 4.78 is 19.2. The zero-order chi connectivity index (χ0) is 25.2. The van der Waals surface area contributed by atoms with Crippen LogP contribution in [0.4, 0.5) is 0 Å². The highest BCUT2D eigenvalue weighted by atomic mass is 28.4. The maximum absolute atomic E-state index is 7.62. The molecule has 0 heterocycles. The number of hydrogen-bond acceptors (Lipinski definition) is 3. The molecule has 0 N–H and O–H groups in total. The monoisotopic (exact) mass is 480 g/mol. The molecule has 0 aliphatic heterocycles. The highest BCUT2D eigenvalue weighted by Gasteiger charge is 2.50. The number of allylic oxidation sites excluding steroid dienone is 1. The van der Waals surface area contributed by atoms with Crippen molar-refractivity contribution in [1.82, 2.24) is 0 Å². The fourth-order valence-electron chi connectivity index (χ4n) is 6.49. The van der Waals surface area contributed by atoms with E-state index in [1.54, 1.807) is 14.2 Å². The number of hydrogen-bond donors (Lipinski definition) is 0. The van der Waals surface area contributed by atoms with Crippen LogP contribution in [-0.4, -0.2) is 22.5 Å². The maximum atomic E-state index is 7.62. The summed E-state index contributed by atoms with van der Waals surface area (Å²) in [6, 6.07) is 15.1. The van der Waals surface area contributed by atoms with Crippen molar-refractivity contribution >= 4 is 8.32 Å². The van der Waals surface area contributed by atoms with Crippen LogP contribution in [-0.2, 0) is 10.8 Å². The molecule has 3 nitrogen and oxygen atoms in total. The van der Waals surface area contributed by atoms with Gasteiger partial charge in [0.15, 0.2) is 0 Å². The molecule has 3 rings (SSSR count). The molecule has 0 bridgehead atoms. The summed E-state index contributed by atoms with van der Waals surface area (Å²) in [6.45, 7) is 20.7. The van der Waals surface area contributed by atoms with Gasteiger partial charge in [0.25, 0.3) is 0 Å². The minimum Gasteiger partial charge on any atom is -0.497 e. The van der Waals surface area contributed by atoms with Crippen LogP contribution in [0.3, 0.4) is 0 Å². The predicted molar refractivity (Wildman–Crippen MR) is 146 cm³/mol. The van der Waals surface area contributed by atoms with Crippen LogP contribution >= 0.6 is 0 Å². The van der Waals surface area contributed by atoms with E-state index >= 15 is 0 Å². The third-order valence-corrected chi connectivity index (χ3v) is 14.1. The molecule has 0 aromatic heterocycles. The molecule has 186 valence electrons. The van der Waals surface area contributed by atoms with Gasteiger partial charge in [-0.25, -0.2) is 0 Å². The predicted octanol–water partition coefficient (Wildman–Crippen LogP) is 8.47. The Morgan fingerprint density at radius 2 is 1.50 bits per heavy atom. The lowest BCUT2D eigenvalue weighted by atomic mass is 9.68. The number of methoxy groups -OCH3 is 2. The molecule has 3 atom stereocenters. The standard InChI is InChI=1S/C30H44O3Si/c1-19(2)25-18-26-27(16-24(31-9)17-28(26)32-10)30(29(25)23-14-12-11-13-15-23)33-34(20(3)4,21(5)6)22(7)8/h11-17,20-22,25,29-30H,1,18H2,2-10H3/t25-,29+,30+/m1/s1. The van der Waals surface area contributed by atoms with E-state index in [4.69, 9.17) is 13.9 Å². The zero-order valence-electron chi connectivity index (χ0n) is 22.6. The van der Waals surface area contributed by atoms with Crippen LogP contribution in [0.15, 0.2) is 54.6 Å². The number of fused-ring (bicyclic) bond motifs is 1. The average molecular weight is 481 g/mol. The van der Waals surface area contributed by atoms with Gasteiger partial charge in [-0.1, -0.05) is 84.0 Å². The van der Waals surface area contributed by atoms with E-state index in [1.165, 1.54) is 22.3 Å². The summed E-state index contributed by atoms with van der Waals surface area (Å²) in [4.78, 5) is 0. The highest BCUT2D eigenvalue weighted by molar-refractivity contribution is 6.77. The van der Waals surface area contributed by atoms with Gasteiger partial charge in [-0.05, 0) is 53.1 Å². The van der Waals surface area contributed by atoms with E-state index in [9.17, 15) is 0 Å². The van der Waals surface area contributed by atoms with Crippen LogP contribution in [0.1, 0.15) is 77.2 Å². The Kier molecular flexibility index (Phi) is 8.36. The molecule has 0 saturated carbocycles. The Hall–Kier alpha value is -2.04. The number of ether oxygens (including phenoxy) is 2. The second-order valence-electron chi connectivity index (χ2n) is 10.8. The van der Waals surface area contributed by atoms with Crippen molar-refractivity contribution in [2.75, 3.05) is 14.2 Å². The van der Waals surface area contributed by atoms with Gasteiger partial charge in [-0.15, -0.1) is 0 Å². The summed E-state index contributed by atoms with van der Waals surface area (Å²) in [5.41, 5.74) is 6.42. The lowest BCUT2D eigenvalue weighted by Crippen LogP contribution is -2.50. The van der Waals surface area contributed by atoms with Crippen LogP contribution in [0.25, 0.3) is 0 Å². The molecule has 0 radical (unpaired) electrons. The average Bonchev–Trinajstić information content (AvgIpc) is 2.80. The first-order valence-corrected chi connectivity index (χ1v) is 14.8. The zero-order valence-corrected chi connectivity index (χ0v) is 23.6. The number of rotatable bonds is 9. The molecular formula is C30H44O3Si. The van der Waals surface area contributed by atoms with E-state index < -0.39 is 8.32 Å². The van der Waals surface area contributed by atoms with Crippen LogP contribution in [0.2, 0.25) is 16.6 Å². The van der Waals surface area contributed by atoms with Gasteiger partial charge in [0.1, 0.15) is 11.5 Å². The number of benzene rings is 2. The Labute approximate surface area is 208 Å². The first-order valence-electron chi connectivity index (χ1n) is 12.7. The van der Waals surface area contributed by atoms with E-state index in [-0.39, 0.29) is 17.9 Å². The van der Waals surface area contributed by atoms with Crippen LogP contribution < -0.4 is 9.47 Å². The Bertz CT molecular complexity index is 958. The quantitative estimate of drug-likeness (QED) is 0.266. The van der Waals surface area contributed by atoms with E-state index in [0.29, 0.717) is 16.6 Å². The lowest BCUT2D eigenvalue weighted by molar-refractivity contribution is 0.113. The van der Waals surface area contributed by atoms with E-state index in [1.807, 2.05) is 6.07 Å². The fourth-order valence-corrected chi connectivity index (χ4v) is 12.0. The second-order valence-corrected chi connectivity index (χ2v) is 16.3. The van der Waals surface area contributed by atoms with E-state index in [2.05, 4.69) is 91.4 Å². The molecule has 0 fully saturated rings. The van der Waals surface area contributed by atoms with Crippen molar-refractivity contribution in [3.8, 4) is 11.5 Å². The third-order valence-electron chi connectivity index (χ3n) is 8.02. The smallest absolute Gasteiger partial charge is 0.201 e. The fraction of sp³-hybridized carbons (Fsp3) is 0.533. The summed E-state index contributed by atoms with van der Waals surface area (Å²) in [6.07, 6.45) is 0.798.